The van der Waals surface area contributed by atoms with Crippen LogP contribution in [-0.4, -0.2) is 36.5 Å². The molecular weight excluding hydrogens is 324 g/mol. The van der Waals surface area contributed by atoms with Gasteiger partial charge in [-0.1, -0.05) is 56.3 Å². The second kappa shape index (κ2) is 8.86. The number of rotatable bonds is 7. The van der Waals surface area contributed by atoms with Crippen LogP contribution in [0, 0.1) is 0 Å². The maximum atomic E-state index is 12.2. The summed E-state index contributed by atoms with van der Waals surface area (Å²) in [6.07, 6.45) is 0.988. The maximum absolute atomic E-state index is 12.2. The van der Waals surface area contributed by atoms with Gasteiger partial charge in [0.2, 0.25) is 0 Å². The quantitative estimate of drug-likeness (QED) is 0.828. The van der Waals surface area contributed by atoms with Gasteiger partial charge in [0.1, 0.15) is 5.75 Å². The van der Waals surface area contributed by atoms with Crippen molar-refractivity contribution >= 4 is 5.91 Å². The molecule has 2 aromatic rings. The molecule has 1 aliphatic rings. The van der Waals surface area contributed by atoms with Crippen molar-refractivity contribution < 1.29 is 9.53 Å². The minimum absolute atomic E-state index is 0.0514. The molecule has 3 rings (SSSR count). The average Bonchev–Trinajstić information content (AvgIpc) is 3.08. The summed E-state index contributed by atoms with van der Waals surface area (Å²) < 4.78 is 5.61. The number of nitrogens with one attached hydrogen (secondary N) is 1. The minimum Gasteiger partial charge on any atom is -0.484 e. The lowest BCUT2D eigenvalue weighted by Crippen LogP contribution is -2.39. The molecule has 0 bridgehead atoms. The molecule has 1 N–H and O–H groups in total. The number of benzene rings is 2. The number of nitrogens with zero attached hydrogens (tertiary/aromatic N) is 1. The van der Waals surface area contributed by atoms with Crippen molar-refractivity contribution in [3.8, 4) is 5.75 Å². The van der Waals surface area contributed by atoms with Gasteiger partial charge in [-0.2, -0.15) is 0 Å². The van der Waals surface area contributed by atoms with Crippen molar-refractivity contribution in [2.24, 2.45) is 0 Å². The molecule has 138 valence electrons. The Hall–Kier alpha value is -2.33. The van der Waals surface area contributed by atoms with E-state index in [2.05, 4.69) is 60.5 Å². The van der Waals surface area contributed by atoms with Gasteiger partial charge < -0.3 is 10.1 Å². The first kappa shape index (κ1) is 18.5. The topological polar surface area (TPSA) is 41.6 Å². The van der Waals surface area contributed by atoms with Crippen LogP contribution in [0.2, 0.25) is 0 Å². The van der Waals surface area contributed by atoms with Crippen LogP contribution in [-0.2, 0) is 11.3 Å². The third-order valence-corrected chi connectivity index (χ3v) is 4.80. The second-order valence-electron chi connectivity index (χ2n) is 7.29. The number of hydrogen-bond acceptors (Lipinski definition) is 3. The van der Waals surface area contributed by atoms with Crippen molar-refractivity contribution in [1.82, 2.24) is 10.2 Å². The number of ether oxygens (including phenoxy) is 1. The highest BCUT2D eigenvalue weighted by molar-refractivity contribution is 5.77. The molecule has 1 unspecified atom stereocenters. The van der Waals surface area contributed by atoms with Crippen molar-refractivity contribution in [1.29, 1.82) is 0 Å². The van der Waals surface area contributed by atoms with Crippen LogP contribution in [0.5, 0.6) is 5.75 Å². The SMILES string of the molecule is CC(C)c1ccc(OCC(=O)NC2CCN(Cc3ccccc3)C2)cc1. The van der Waals surface area contributed by atoms with Gasteiger partial charge in [0.05, 0.1) is 0 Å². The first-order chi connectivity index (χ1) is 12.6. The highest BCUT2D eigenvalue weighted by Gasteiger charge is 2.23. The van der Waals surface area contributed by atoms with Gasteiger partial charge in [-0.15, -0.1) is 0 Å². The van der Waals surface area contributed by atoms with Crippen molar-refractivity contribution in [2.75, 3.05) is 19.7 Å². The third kappa shape index (κ3) is 5.33. The number of carbonyl (C=O) groups is 1. The first-order valence-electron chi connectivity index (χ1n) is 9.38. The molecule has 1 atom stereocenters. The molecule has 0 saturated carbocycles. The van der Waals surface area contributed by atoms with Crippen LogP contribution in [0.4, 0.5) is 0 Å². The monoisotopic (exact) mass is 352 g/mol. The Balaban J connectivity index is 1.40. The number of likely N-dealkylation sites (tertiary alicyclic amines) is 1. The summed E-state index contributed by atoms with van der Waals surface area (Å²) in [6.45, 7) is 7.22. The predicted octanol–water partition coefficient (Wildman–Crippen LogP) is 3.58. The first-order valence-corrected chi connectivity index (χ1v) is 9.38. The molecule has 4 heteroatoms. The summed E-state index contributed by atoms with van der Waals surface area (Å²) >= 11 is 0. The van der Waals surface area contributed by atoms with Crippen molar-refractivity contribution in [3.63, 3.8) is 0 Å². The zero-order valence-corrected chi connectivity index (χ0v) is 15.7. The van der Waals surface area contributed by atoms with Gasteiger partial charge in [0.15, 0.2) is 6.61 Å². The van der Waals surface area contributed by atoms with E-state index in [1.54, 1.807) is 0 Å². The van der Waals surface area contributed by atoms with Crippen molar-refractivity contribution in [3.05, 3.63) is 65.7 Å². The van der Waals surface area contributed by atoms with E-state index in [9.17, 15) is 4.79 Å². The summed E-state index contributed by atoms with van der Waals surface area (Å²) in [5.41, 5.74) is 2.58. The lowest BCUT2D eigenvalue weighted by atomic mass is 10.0. The van der Waals surface area contributed by atoms with Crippen LogP contribution < -0.4 is 10.1 Å². The van der Waals surface area contributed by atoms with Crippen LogP contribution in [0.15, 0.2) is 54.6 Å². The molecule has 4 nitrogen and oxygen atoms in total. The number of hydrogen-bond donors (Lipinski definition) is 1. The molecule has 0 aromatic heterocycles. The van der Waals surface area contributed by atoms with Crippen LogP contribution in [0.1, 0.15) is 37.3 Å². The molecule has 1 heterocycles. The summed E-state index contributed by atoms with van der Waals surface area (Å²) in [4.78, 5) is 14.5. The summed E-state index contributed by atoms with van der Waals surface area (Å²) in [6, 6.07) is 18.6. The summed E-state index contributed by atoms with van der Waals surface area (Å²) in [5, 5.41) is 3.09. The standard InChI is InChI=1S/C22H28N2O2/c1-17(2)19-8-10-21(11-9-19)26-16-22(25)23-20-12-13-24(15-20)14-18-6-4-3-5-7-18/h3-11,17,20H,12-16H2,1-2H3,(H,23,25). The fourth-order valence-corrected chi connectivity index (χ4v) is 3.30. The van der Waals surface area contributed by atoms with Gasteiger partial charge in [-0.25, -0.2) is 0 Å². The molecule has 0 radical (unpaired) electrons. The molecule has 26 heavy (non-hydrogen) atoms. The van der Waals surface area contributed by atoms with Gasteiger partial charge in [0, 0.05) is 25.7 Å². The Morgan fingerprint density at radius 2 is 1.88 bits per heavy atom. The lowest BCUT2D eigenvalue weighted by molar-refractivity contribution is -0.123. The van der Waals surface area contributed by atoms with Gasteiger partial charge >= 0.3 is 0 Å². The summed E-state index contributed by atoms with van der Waals surface area (Å²) in [7, 11) is 0. The number of carbonyl (C=O) groups excluding carboxylic acids is 1. The van der Waals surface area contributed by atoms with Gasteiger partial charge in [0.25, 0.3) is 5.91 Å². The Bertz CT molecular complexity index is 698. The van der Waals surface area contributed by atoms with E-state index in [1.807, 2.05) is 18.2 Å². The molecule has 0 spiro atoms. The minimum atomic E-state index is -0.0514. The van der Waals surface area contributed by atoms with E-state index >= 15 is 0 Å². The Kier molecular flexibility index (Phi) is 6.29. The largest absolute Gasteiger partial charge is 0.484 e. The Morgan fingerprint density at radius 1 is 1.15 bits per heavy atom. The Morgan fingerprint density at radius 3 is 2.58 bits per heavy atom. The van der Waals surface area contributed by atoms with E-state index in [0.717, 1.165) is 31.8 Å². The van der Waals surface area contributed by atoms with Crippen LogP contribution in [0.3, 0.4) is 0 Å². The lowest BCUT2D eigenvalue weighted by Gasteiger charge is -2.17. The average molecular weight is 352 g/mol. The second-order valence-corrected chi connectivity index (χ2v) is 7.29. The van der Waals surface area contributed by atoms with E-state index < -0.39 is 0 Å². The van der Waals surface area contributed by atoms with E-state index in [4.69, 9.17) is 4.74 Å². The van der Waals surface area contributed by atoms with Crippen LogP contribution in [0.25, 0.3) is 0 Å². The highest BCUT2D eigenvalue weighted by atomic mass is 16.5. The molecular formula is C22H28N2O2. The molecule has 1 fully saturated rings. The number of amides is 1. The third-order valence-electron chi connectivity index (χ3n) is 4.80. The smallest absolute Gasteiger partial charge is 0.258 e. The normalized spacial score (nSPS) is 17.4. The fraction of sp³-hybridized carbons (Fsp3) is 0.409. The maximum Gasteiger partial charge on any atom is 0.258 e. The highest BCUT2D eigenvalue weighted by Crippen LogP contribution is 2.18. The van der Waals surface area contributed by atoms with E-state index in [-0.39, 0.29) is 18.6 Å². The van der Waals surface area contributed by atoms with E-state index in [0.29, 0.717) is 5.92 Å². The zero-order valence-electron chi connectivity index (χ0n) is 15.7. The molecule has 1 aliphatic heterocycles. The summed E-state index contributed by atoms with van der Waals surface area (Å²) in [5.74, 6) is 1.18. The molecule has 2 aromatic carbocycles. The van der Waals surface area contributed by atoms with Crippen molar-refractivity contribution in [2.45, 2.75) is 38.8 Å². The molecule has 1 saturated heterocycles. The zero-order chi connectivity index (χ0) is 18.4. The van der Waals surface area contributed by atoms with E-state index in [1.165, 1.54) is 11.1 Å². The van der Waals surface area contributed by atoms with Gasteiger partial charge in [-0.05, 0) is 35.6 Å². The van der Waals surface area contributed by atoms with Gasteiger partial charge in [-0.3, -0.25) is 9.69 Å². The molecule has 1 amide bonds. The Labute approximate surface area is 156 Å². The molecule has 0 aliphatic carbocycles. The fourth-order valence-electron chi connectivity index (χ4n) is 3.30. The predicted molar refractivity (Wildman–Crippen MR) is 104 cm³/mol. The van der Waals surface area contributed by atoms with Crippen LogP contribution >= 0.6 is 0 Å².